The molecule has 1 aliphatic heterocycles. The van der Waals surface area contributed by atoms with E-state index in [9.17, 15) is 17.6 Å². The molecule has 0 saturated heterocycles. The molecule has 0 aliphatic carbocycles. The van der Waals surface area contributed by atoms with E-state index >= 15 is 0 Å². The van der Waals surface area contributed by atoms with Gasteiger partial charge in [-0.1, -0.05) is 65.7 Å². The normalized spacial score (nSPS) is 15.9. The summed E-state index contributed by atoms with van der Waals surface area (Å²) in [6.45, 7) is 1.80. The maximum absolute atomic E-state index is 13.5. The summed E-state index contributed by atoms with van der Waals surface area (Å²) in [5, 5.41) is 7.89. The van der Waals surface area contributed by atoms with Crippen molar-refractivity contribution in [1.82, 2.24) is 15.1 Å². The smallest absolute Gasteiger partial charge is 0.389 e. The topological polar surface area (TPSA) is 90.3 Å². The number of sulfone groups is 1. The summed E-state index contributed by atoms with van der Waals surface area (Å²) >= 11 is 12.6. The van der Waals surface area contributed by atoms with Gasteiger partial charge in [-0.25, -0.2) is 22.3 Å². The second kappa shape index (κ2) is 10.8. The van der Waals surface area contributed by atoms with Crippen LogP contribution in [0.3, 0.4) is 0 Å². The number of rotatable bonds is 5. The Kier molecular flexibility index (Phi) is 7.48. The molecule has 1 atom stereocenters. The van der Waals surface area contributed by atoms with Gasteiger partial charge in [0.05, 0.1) is 39.5 Å². The summed E-state index contributed by atoms with van der Waals surface area (Å²) in [6.07, 6.45) is 0.839. The molecule has 0 fully saturated rings. The van der Waals surface area contributed by atoms with Crippen molar-refractivity contribution in [3.63, 3.8) is 0 Å². The third-order valence-electron chi connectivity index (χ3n) is 6.16. The van der Waals surface area contributed by atoms with Gasteiger partial charge in [0.15, 0.2) is 9.84 Å². The van der Waals surface area contributed by atoms with E-state index in [1.807, 2.05) is 30.3 Å². The lowest BCUT2D eigenvalue weighted by Crippen LogP contribution is -2.30. The third-order valence-corrected chi connectivity index (χ3v) is 8.18. The highest BCUT2D eigenvalue weighted by Gasteiger charge is 2.35. The Bertz CT molecular complexity index is 1690. The first kappa shape index (κ1) is 26.9. The van der Waals surface area contributed by atoms with E-state index in [4.69, 9.17) is 27.9 Å². The van der Waals surface area contributed by atoms with Crippen molar-refractivity contribution in [3.8, 4) is 11.6 Å². The Labute approximate surface area is 234 Å². The van der Waals surface area contributed by atoms with Crippen LogP contribution in [0.2, 0.25) is 10.0 Å². The van der Waals surface area contributed by atoms with E-state index in [1.165, 1.54) is 35.0 Å². The van der Waals surface area contributed by atoms with Crippen LogP contribution in [-0.4, -0.2) is 30.0 Å². The van der Waals surface area contributed by atoms with Gasteiger partial charge in [-0.05, 0) is 60.0 Å². The van der Waals surface area contributed by atoms with Crippen LogP contribution in [0, 0.1) is 5.82 Å². The highest BCUT2D eigenvalue weighted by molar-refractivity contribution is 7.91. The van der Waals surface area contributed by atoms with Gasteiger partial charge in [-0.15, -0.1) is 5.10 Å². The number of hydrogen-bond donors (Lipinski definition) is 1. The van der Waals surface area contributed by atoms with Gasteiger partial charge in [0.1, 0.15) is 5.82 Å². The molecular formula is C28H22Cl2FN3O4S. The van der Waals surface area contributed by atoms with Crippen LogP contribution in [-0.2, 0) is 15.6 Å². The lowest BCUT2D eigenvalue weighted by molar-refractivity contribution is 0.194. The van der Waals surface area contributed by atoms with Crippen LogP contribution in [0.1, 0.15) is 35.3 Å². The first-order valence-corrected chi connectivity index (χ1v) is 14.4. The van der Waals surface area contributed by atoms with E-state index in [0.717, 1.165) is 5.56 Å². The van der Waals surface area contributed by atoms with Crippen molar-refractivity contribution in [2.75, 3.05) is 5.75 Å². The van der Waals surface area contributed by atoms with Crippen molar-refractivity contribution in [2.24, 2.45) is 0 Å². The molecule has 2 heterocycles. The average molecular weight is 586 g/mol. The number of aromatic nitrogens is 2. The Morgan fingerprint density at radius 2 is 1.79 bits per heavy atom. The minimum atomic E-state index is -3.65. The lowest BCUT2D eigenvalue weighted by Gasteiger charge is -2.19. The fourth-order valence-corrected chi connectivity index (χ4v) is 6.35. The molecule has 4 aromatic rings. The Balaban J connectivity index is 1.60. The highest BCUT2D eigenvalue weighted by Crippen LogP contribution is 2.39. The second-order valence-electron chi connectivity index (χ2n) is 9.06. The second-order valence-corrected chi connectivity index (χ2v) is 12.0. The summed E-state index contributed by atoms with van der Waals surface area (Å²) in [7, 11) is -3.65. The van der Waals surface area contributed by atoms with Crippen LogP contribution >= 0.6 is 23.2 Å². The van der Waals surface area contributed by atoms with Crippen molar-refractivity contribution >= 4 is 50.8 Å². The molecule has 11 heteroatoms. The predicted molar refractivity (Wildman–Crippen MR) is 149 cm³/mol. The summed E-state index contributed by atoms with van der Waals surface area (Å²) < 4.78 is 46.5. The average Bonchev–Trinajstić information content (AvgIpc) is 3.22. The van der Waals surface area contributed by atoms with E-state index in [-0.39, 0.29) is 28.3 Å². The number of hydrogen-bond acceptors (Lipinski definition) is 5. The van der Waals surface area contributed by atoms with Crippen LogP contribution in [0.15, 0.2) is 72.8 Å². The van der Waals surface area contributed by atoms with Crippen molar-refractivity contribution in [3.05, 3.63) is 111 Å². The van der Waals surface area contributed by atoms with E-state index in [2.05, 4.69) is 10.4 Å². The quantitative estimate of drug-likeness (QED) is 0.283. The largest absolute Gasteiger partial charge is 0.414 e. The van der Waals surface area contributed by atoms with Gasteiger partial charge in [-0.3, -0.25) is 0 Å². The minimum absolute atomic E-state index is 0.165. The molecular weight excluding hydrogens is 564 g/mol. The molecule has 39 heavy (non-hydrogen) atoms. The predicted octanol–water partition coefficient (Wildman–Crippen LogP) is 6.64. The molecule has 1 aromatic heterocycles. The van der Waals surface area contributed by atoms with E-state index < -0.39 is 27.5 Å². The lowest BCUT2D eigenvalue weighted by atomic mass is 10.1. The molecule has 0 spiro atoms. The maximum atomic E-state index is 13.5. The SMILES string of the molecule is C[C@H](NC(=O)Oc1nn(-c2ccc(Cl)cc2Cl)c2c1CS(=O)(=O)C/C2=C\c1ccc(F)cc1)c1ccccc1. The molecule has 0 radical (unpaired) electrons. The summed E-state index contributed by atoms with van der Waals surface area (Å²) in [6, 6.07) is 19.4. The molecule has 7 nitrogen and oxygen atoms in total. The van der Waals surface area contributed by atoms with E-state index in [1.54, 1.807) is 25.1 Å². The fourth-order valence-electron chi connectivity index (χ4n) is 4.37. The van der Waals surface area contributed by atoms with Crippen LogP contribution in [0.5, 0.6) is 5.88 Å². The van der Waals surface area contributed by atoms with Gasteiger partial charge in [0.25, 0.3) is 0 Å². The van der Waals surface area contributed by atoms with Crippen LogP contribution in [0.25, 0.3) is 17.3 Å². The van der Waals surface area contributed by atoms with Gasteiger partial charge >= 0.3 is 6.09 Å². The number of halogens is 3. The van der Waals surface area contributed by atoms with Gasteiger partial charge in [-0.2, -0.15) is 0 Å². The fraction of sp³-hybridized carbons (Fsp3) is 0.143. The standard InChI is InChI=1S/C28H22Cl2FN3O4S/c1-17(19-5-3-2-4-6-19)32-28(35)38-27-23-16-39(36,37)15-20(13-18-7-10-22(31)11-8-18)26(23)34(33-27)25-12-9-21(29)14-24(25)30/h2-14,17H,15-16H2,1H3,(H,32,35)/b20-13+/t17-/m0/s1. The number of nitrogens with one attached hydrogen (secondary N) is 1. The summed E-state index contributed by atoms with van der Waals surface area (Å²) in [5.41, 5.74) is 2.87. The van der Waals surface area contributed by atoms with Crippen molar-refractivity contribution in [2.45, 2.75) is 18.7 Å². The van der Waals surface area contributed by atoms with Crippen LogP contribution in [0.4, 0.5) is 9.18 Å². The van der Waals surface area contributed by atoms with Crippen molar-refractivity contribution in [1.29, 1.82) is 0 Å². The Morgan fingerprint density at radius 3 is 2.49 bits per heavy atom. The number of fused-ring (bicyclic) bond motifs is 1. The van der Waals surface area contributed by atoms with Crippen LogP contribution < -0.4 is 10.1 Å². The molecule has 0 saturated carbocycles. The summed E-state index contributed by atoms with van der Waals surface area (Å²) in [5.74, 6) is -1.28. The van der Waals surface area contributed by atoms with Gasteiger partial charge < -0.3 is 10.1 Å². The number of carbonyl (C=O) groups excluding carboxylic acids is 1. The molecule has 1 N–H and O–H groups in total. The number of nitrogens with zero attached hydrogens (tertiary/aromatic N) is 2. The number of carbonyl (C=O) groups is 1. The molecule has 200 valence electrons. The van der Waals surface area contributed by atoms with E-state index in [0.29, 0.717) is 27.5 Å². The third kappa shape index (κ3) is 6.00. The molecule has 1 aliphatic rings. The van der Waals surface area contributed by atoms with Gasteiger partial charge in [0.2, 0.25) is 5.88 Å². The Morgan fingerprint density at radius 1 is 1.08 bits per heavy atom. The first-order valence-electron chi connectivity index (χ1n) is 11.9. The molecule has 5 rings (SSSR count). The zero-order chi connectivity index (χ0) is 27.7. The maximum Gasteiger partial charge on any atom is 0.414 e. The zero-order valence-corrected chi connectivity index (χ0v) is 22.9. The highest BCUT2D eigenvalue weighted by atomic mass is 35.5. The Hall–Kier alpha value is -3.66. The zero-order valence-electron chi connectivity index (χ0n) is 20.6. The first-order chi connectivity index (χ1) is 18.6. The molecule has 3 aromatic carbocycles. The molecule has 0 bridgehead atoms. The monoisotopic (exact) mass is 585 g/mol. The number of benzene rings is 3. The number of ether oxygens (including phenoxy) is 1. The van der Waals surface area contributed by atoms with Gasteiger partial charge in [0, 0.05) is 5.02 Å². The van der Waals surface area contributed by atoms with Crippen molar-refractivity contribution < 1.29 is 22.3 Å². The number of amides is 1. The minimum Gasteiger partial charge on any atom is -0.389 e. The molecule has 1 amide bonds. The summed E-state index contributed by atoms with van der Waals surface area (Å²) in [4.78, 5) is 12.9. The molecule has 0 unspecified atom stereocenters.